The summed E-state index contributed by atoms with van der Waals surface area (Å²) in [7, 11) is 1.88. The van der Waals surface area contributed by atoms with Gasteiger partial charge in [0.1, 0.15) is 0 Å². The number of urea groups is 1. The van der Waals surface area contributed by atoms with Crippen LogP contribution in [-0.2, 0) is 16.0 Å². The minimum absolute atomic E-state index is 0.207. The van der Waals surface area contributed by atoms with Crippen molar-refractivity contribution in [1.29, 1.82) is 0 Å². The molecule has 1 N–H and O–H groups in total. The highest BCUT2D eigenvalue weighted by molar-refractivity contribution is 6.30. The Hall–Kier alpha value is -3.67. The van der Waals surface area contributed by atoms with Gasteiger partial charge >= 0.3 is 6.03 Å². The van der Waals surface area contributed by atoms with Crippen molar-refractivity contribution in [2.24, 2.45) is 5.41 Å². The first-order chi connectivity index (χ1) is 14.4. The fourth-order valence-electron chi connectivity index (χ4n) is 4.72. The van der Waals surface area contributed by atoms with E-state index in [2.05, 4.69) is 11.4 Å². The van der Waals surface area contributed by atoms with E-state index in [9.17, 15) is 14.4 Å². The van der Waals surface area contributed by atoms with E-state index < -0.39 is 23.3 Å². The Kier molecular flexibility index (Phi) is 3.93. The molecule has 3 aromatic carbocycles. The molecule has 0 saturated carbocycles. The standard InChI is InChI=1S/C24H21N3O3/c1-15-7-3-6-10-19(15)27-22(29)24(21(28)25-23(27)30)13-18-17-9-5-4-8-16(17)11-12-20(18)26(2)14-24/h3-12H,13-14H2,1-2H3,(H,25,28,30)/t24-/m1/s1. The molecule has 6 heteroatoms. The van der Waals surface area contributed by atoms with Crippen molar-refractivity contribution >= 4 is 40.0 Å². The molecule has 150 valence electrons. The molecule has 2 aliphatic heterocycles. The van der Waals surface area contributed by atoms with Gasteiger partial charge in [-0.05, 0) is 41.0 Å². The molecule has 1 spiro atoms. The maximum absolute atomic E-state index is 13.8. The fraction of sp³-hybridized carbons (Fsp3) is 0.208. The van der Waals surface area contributed by atoms with Crippen LogP contribution in [0.2, 0.25) is 0 Å². The third-order valence-electron chi connectivity index (χ3n) is 6.24. The highest BCUT2D eigenvalue weighted by Crippen LogP contribution is 2.43. The number of amides is 4. The van der Waals surface area contributed by atoms with Crippen LogP contribution in [0.15, 0.2) is 60.7 Å². The number of carbonyl (C=O) groups is 3. The van der Waals surface area contributed by atoms with E-state index in [4.69, 9.17) is 0 Å². The third kappa shape index (κ3) is 2.46. The van der Waals surface area contributed by atoms with Crippen LogP contribution in [-0.4, -0.2) is 31.4 Å². The lowest BCUT2D eigenvalue weighted by atomic mass is 9.73. The van der Waals surface area contributed by atoms with Crippen LogP contribution in [0.25, 0.3) is 10.8 Å². The van der Waals surface area contributed by atoms with Crippen LogP contribution in [0.4, 0.5) is 16.2 Å². The monoisotopic (exact) mass is 399 g/mol. The van der Waals surface area contributed by atoms with E-state index in [0.717, 1.165) is 32.5 Å². The lowest BCUT2D eigenvalue weighted by Crippen LogP contribution is -2.68. The molecule has 5 rings (SSSR count). The first-order valence-electron chi connectivity index (χ1n) is 9.90. The zero-order valence-electron chi connectivity index (χ0n) is 16.8. The lowest BCUT2D eigenvalue weighted by Gasteiger charge is -2.45. The maximum atomic E-state index is 13.8. The molecule has 1 saturated heterocycles. The Morgan fingerprint density at radius 3 is 2.43 bits per heavy atom. The summed E-state index contributed by atoms with van der Waals surface area (Å²) in [5.74, 6) is -1.01. The normalized spacial score (nSPS) is 21.2. The average molecular weight is 399 g/mol. The van der Waals surface area contributed by atoms with Gasteiger partial charge in [-0.1, -0.05) is 48.5 Å². The molecule has 6 nitrogen and oxygen atoms in total. The molecule has 1 atom stereocenters. The van der Waals surface area contributed by atoms with Crippen LogP contribution in [0.5, 0.6) is 0 Å². The molecule has 2 heterocycles. The lowest BCUT2D eigenvalue weighted by molar-refractivity contribution is -0.142. The molecular formula is C24H21N3O3. The summed E-state index contributed by atoms with van der Waals surface area (Å²) < 4.78 is 0. The Bertz CT molecular complexity index is 1240. The Labute approximate surface area is 174 Å². The van der Waals surface area contributed by atoms with Gasteiger partial charge in [-0.2, -0.15) is 0 Å². The van der Waals surface area contributed by atoms with Gasteiger partial charge in [0, 0.05) is 25.7 Å². The zero-order valence-corrected chi connectivity index (χ0v) is 16.8. The Balaban J connectivity index is 1.68. The number of imide groups is 2. The van der Waals surface area contributed by atoms with Crippen molar-refractivity contribution in [3.63, 3.8) is 0 Å². The average Bonchev–Trinajstić information content (AvgIpc) is 2.74. The summed E-state index contributed by atoms with van der Waals surface area (Å²) in [5, 5.41) is 4.51. The third-order valence-corrected chi connectivity index (χ3v) is 6.24. The van der Waals surface area contributed by atoms with E-state index in [0.29, 0.717) is 5.69 Å². The SMILES string of the molecule is Cc1ccccc1N1C(=O)NC(=O)[C@]2(Cc3c(ccc4ccccc34)N(C)C2)C1=O. The zero-order chi connectivity index (χ0) is 21.0. The predicted molar refractivity (Wildman–Crippen MR) is 116 cm³/mol. The molecule has 0 unspecified atom stereocenters. The van der Waals surface area contributed by atoms with Crippen LogP contribution >= 0.6 is 0 Å². The van der Waals surface area contributed by atoms with Crippen molar-refractivity contribution in [3.05, 3.63) is 71.8 Å². The minimum atomic E-state index is -1.37. The highest BCUT2D eigenvalue weighted by atomic mass is 16.2. The van der Waals surface area contributed by atoms with E-state index >= 15 is 0 Å². The smallest absolute Gasteiger partial charge is 0.335 e. The van der Waals surface area contributed by atoms with Gasteiger partial charge in [0.25, 0.3) is 5.91 Å². The Morgan fingerprint density at radius 2 is 1.63 bits per heavy atom. The second-order valence-corrected chi connectivity index (χ2v) is 8.09. The number of benzene rings is 3. The number of nitrogens with zero attached hydrogens (tertiary/aromatic N) is 2. The second kappa shape index (κ2) is 6.42. The molecule has 30 heavy (non-hydrogen) atoms. The predicted octanol–water partition coefficient (Wildman–Crippen LogP) is 3.41. The fourth-order valence-corrected chi connectivity index (χ4v) is 4.72. The number of carbonyl (C=O) groups excluding carboxylic acids is 3. The van der Waals surface area contributed by atoms with Crippen LogP contribution in [0.1, 0.15) is 11.1 Å². The first-order valence-corrected chi connectivity index (χ1v) is 9.90. The molecule has 2 aliphatic rings. The molecule has 0 radical (unpaired) electrons. The van der Waals surface area contributed by atoms with Gasteiger partial charge in [-0.15, -0.1) is 0 Å². The molecule has 0 bridgehead atoms. The number of rotatable bonds is 1. The van der Waals surface area contributed by atoms with Crippen LogP contribution < -0.4 is 15.1 Å². The topological polar surface area (TPSA) is 69.7 Å². The second-order valence-electron chi connectivity index (χ2n) is 8.09. The van der Waals surface area contributed by atoms with Crippen molar-refractivity contribution < 1.29 is 14.4 Å². The van der Waals surface area contributed by atoms with Gasteiger partial charge < -0.3 is 4.90 Å². The molecule has 4 amide bonds. The van der Waals surface area contributed by atoms with Gasteiger partial charge in [-0.25, -0.2) is 9.69 Å². The summed E-state index contributed by atoms with van der Waals surface area (Å²) in [5.41, 5.74) is 1.87. The van der Waals surface area contributed by atoms with E-state index in [1.165, 1.54) is 0 Å². The number of aryl methyl sites for hydroxylation is 1. The summed E-state index contributed by atoms with van der Waals surface area (Å²) in [6.45, 7) is 2.05. The van der Waals surface area contributed by atoms with Gasteiger partial charge in [0.2, 0.25) is 5.91 Å². The van der Waals surface area contributed by atoms with Gasteiger partial charge in [0.15, 0.2) is 5.41 Å². The number of anilines is 2. The van der Waals surface area contributed by atoms with E-state index in [1.54, 1.807) is 12.1 Å². The summed E-state index contributed by atoms with van der Waals surface area (Å²) in [4.78, 5) is 42.7. The number of fused-ring (bicyclic) bond motifs is 3. The van der Waals surface area contributed by atoms with Crippen molar-refractivity contribution in [2.45, 2.75) is 13.3 Å². The van der Waals surface area contributed by atoms with E-state index in [-0.39, 0.29) is 13.0 Å². The van der Waals surface area contributed by atoms with Crippen molar-refractivity contribution in [2.75, 3.05) is 23.4 Å². The van der Waals surface area contributed by atoms with Crippen molar-refractivity contribution in [1.82, 2.24) is 5.32 Å². The largest absolute Gasteiger partial charge is 0.373 e. The van der Waals surface area contributed by atoms with Crippen LogP contribution in [0.3, 0.4) is 0 Å². The maximum Gasteiger partial charge on any atom is 0.335 e. The molecule has 3 aromatic rings. The quantitative estimate of drug-likeness (QED) is 0.637. The summed E-state index contributed by atoms with van der Waals surface area (Å²) in [6, 6.07) is 18.5. The van der Waals surface area contributed by atoms with E-state index in [1.807, 2.05) is 61.3 Å². The molecule has 0 aliphatic carbocycles. The first kappa shape index (κ1) is 18.4. The molecule has 1 fully saturated rings. The Morgan fingerprint density at radius 1 is 0.900 bits per heavy atom. The highest BCUT2D eigenvalue weighted by Gasteiger charge is 2.57. The number of nitrogens with one attached hydrogen (secondary N) is 1. The van der Waals surface area contributed by atoms with Crippen molar-refractivity contribution in [3.8, 4) is 0 Å². The number of barbiturate groups is 1. The molecular weight excluding hydrogens is 378 g/mol. The minimum Gasteiger partial charge on any atom is -0.373 e. The number of para-hydroxylation sites is 1. The van der Waals surface area contributed by atoms with Gasteiger partial charge in [0.05, 0.1) is 5.69 Å². The number of hydrogen-bond acceptors (Lipinski definition) is 4. The van der Waals surface area contributed by atoms with Crippen LogP contribution in [0, 0.1) is 12.3 Å². The van der Waals surface area contributed by atoms with Gasteiger partial charge in [-0.3, -0.25) is 14.9 Å². The molecule has 0 aromatic heterocycles. The number of hydrogen-bond donors (Lipinski definition) is 1. The summed E-state index contributed by atoms with van der Waals surface area (Å²) in [6.07, 6.45) is 0.244. The summed E-state index contributed by atoms with van der Waals surface area (Å²) >= 11 is 0.